The lowest BCUT2D eigenvalue weighted by Crippen LogP contribution is -2.66. The second kappa shape index (κ2) is 11.8. The lowest BCUT2D eigenvalue weighted by atomic mass is 9.94. The van der Waals surface area contributed by atoms with Gasteiger partial charge in [-0.15, -0.1) is 0 Å². The van der Waals surface area contributed by atoms with Crippen molar-refractivity contribution >= 4 is 6.09 Å². The first-order valence-electron chi connectivity index (χ1n) is 10.9. The molecule has 2 aromatic carbocycles. The molecule has 3 N–H and O–H groups in total. The van der Waals surface area contributed by atoms with Crippen molar-refractivity contribution in [3.63, 3.8) is 0 Å². The number of hydrogen-bond acceptors (Lipinski definition) is 4. The van der Waals surface area contributed by atoms with Gasteiger partial charge in [0.2, 0.25) is 0 Å². The largest absolute Gasteiger partial charge is 0.465 e. The van der Waals surface area contributed by atoms with Gasteiger partial charge in [-0.2, -0.15) is 0 Å². The Hall–Kier alpha value is -2.41. The zero-order valence-electron chi connectivity index (χ0n) is 18.8. The van der Waals surface area contributed by atoms with Crippen molar-refractivity contribution in [3.05, 3.63) is 71.8 Å². The third-order valence-corrected chi connectivity index (χ3v) is 6.14. The van der Waals surface area contributed by atoms with Gasteiger partial charge in [0, 0.05) is 13.1 Å². The molecule has 0 radical (unpaired) electrons. The fourth-order valence-electron chi connectivity index (χ4n) is 4.08. The summed E-state index contributed by atoms with van der Waals surface area (Å²) < 4.78 is 0. The van der Waals surface area contributed by atoms with Gasteiger partial charge in [0.05, 0.1) is 12.2 Å². The Morgan fingerprint density at radius 1 is 0.935 bits per heavy atom. The molecule has 0 saturated carbocycles. The summed E-state index contributed by atoms with van der Waals surface area (Å²) in [6.45, 7) is 3.99. The van der Waals surface area contributed by atoms with Gasteiger partial charge in [0.25, 0.3) is 0 Å². The summed E-state index contributed by atoms with van der Waals surface area (Å²) >= 11 is 0. The van der Waals surface area contributed by atoms with Crippen LogP contribution >= 0.6 is 0 Å². The second-order valence-corrected chi connectivity index (χ2v) is 8.22. The van der Waals surface area contributed by atoms with Crippen molar-refractivity contribution in [1.82, 2.24) is 9.80 Å². The smallest absolute Gasteiger partial charge is 0.408 e. The van der Waals surface area contributed by atoms with Crippen LogP contribution in [-0.2, 0) is 12.8 Å². The zero-order chi connectivity index (χ0) is 22.9. The minimum Gasteiger partial charge on any atom is -0.465 e. The number of likely N-dealkylation sites (N-methyl/N-ethyl adjacent to an activating group) is 2. The minimum atomic E-state index is -1.16. The first-order valence-corrected chi connectivity index (χ1v) is 10.9. The fraction of sp³-hybridized carbons (Fsp3) is 0.480. The van der Waals surface area contributed by atoms with Crippen LogP contribution in [0.5, 0.6) is 0 Å². The number of benzene rings is 2. The Bertz CT molecular complexity index is 787. The third kappa shape index (κ3) is 6.79. The molecular weight excluding hydrogens is 392 g/mol. The zero-order valence-corrected chi connectivity index (χ0v) is 18.8. The normalized spacial score (nSPS) is 15.3. The van der Waals surface area contributed by atoms with Gasteiger partial charge in [-0.25, -0.2) is 4.79 Å². The molecule has 31 heavy (non-hydrogen) atoms. The van der Waals surface area contributed by atoms with Crippen LogP contribution in [0.3, 0.4) is 0 Å². The average Bonchev–Trinajstić information content (AvgIpc) is 2.77. The Morgan fingerprint density at radius 2 is 1.42 bits per heavy atom. The second-order valence-electron chi connectivity index (χ2n) is 8.22. The van der Waals surface area contributed by atoms with Gasteiger partial charge in [-0.1, -0.05) is 60.7 Å². The summed E-state index contributed by atoms with van der Waals surface area (Å²) in [5, 5.41) is 31.6. The molecule has 6 nitrogen and oxygen atoms in total. The van der Waals surface area contributed by atoms with E-state index in [4.69, 9.17) is 0 Å². The Balaban J connectivity index is 2.09. The van der Waals surface area contributed by atoms with E-state index in [0.717, 1.165) is 17.5 Å². The SMILES string of the molecule is CCN(C(=O)O)C(C)(C(O)CCc1ccccc1)N(C)CC(O)CCc1ccccc1. The molecule has 0 fully saturated rings. The molecular formula is C25H36N2O4. The number of carbonyl (C=O) groups is 1. The summed E-state index contributed by atoms with van der Waals surface area (Å²) in [4.78, 5) is 15.0. The van der Waals surface area contributed by atoms with Crippen LogP contribution in [-0.4, -0.2) is 69.2 Å². The maximum atomic E-state index is 12.0. The van der Waals surface area contributed by atoms with Crippen LogP contribution < -0.4 is 0 Å². The van der Waals surface area contributed by atoms with E-state index in [9.17, 15) is 20.1 Å². The van der Waals surface area contributed by atoms with Gasteiger partial charge in [-0.3, -0.25) is 9.80 Å². The molecule has 2 rings (SSSR count). The van der Waals surface area contributed by atoms with Crippen LogP contribution in [0.4, 0.5) is 4.79 Å². The lowest BCUT2D eigenvalue weighted by molar-refractivity contribution is -0.112. The molecule has 3 atom stereocenters. The van der Waals surface area contributed by atoms with Gasteiger partial charge in [0.1, 0.15) is 5.66 Å². The monoisotopic (exact) mass is 428 g/mol. The molecule has 6 heteroatoms. The highest BCUT2D eigenvalue weighted by molar-refractivity contribution is 5.66. The Kier molecular flexibility index (Phi) is 9.49. The van der Waals surface area contributed by atoms with E-state index in [0.29, 0.717) is 19.3 Å². The minimum absolute atomic E-state index is 0.235. The number of carboxylic acid groups (broad SMARTS) is 1. The highest BCUT2D eigenvalue weighted by Gasteiger charge is 2.44. The van der Waals surface area contributed by atoms with E-state index in [-0.39, 0.29) is 13.1 Å². The summed E-state index contributed by atoms with van der Waals surface area (Å²) in [6.07, 6.45) is -0.306. The van der Waals surface area contributed by atoms with Crippen LogP contribution in [0.15, 0.2) is 60.7 Å². The van der Waals surface area contributed by atoms with Gasteiger partial charge in [-0.05, 0) is 57.7 Å². The van der Waals surface area contributed by atoms with Crippen molar-refractivity contribution in [2.24, 2.45) is 0 Å². The number of aryl methyl sites for hydroxylation is 2. The molecule has 2 aromatic rings. The number of nitrogens with zero attached hydrogens (tertiary/aromatic N) is 2. The van der Waals surface area contributed by atoms with Crippen molar-refractivity contribution in [1.29, 1.82) is 0 Å². The maximum absolute atomic E-state index is 12.0. The Labute approximate surface area is 185 Å². The molecule has 0 aliphatic heterocycles. The number of aliphatic hydroxyl groups is 2. The number of rotatable bonds is 12. The first-order chi connectivity index (χ1) is 14.8. The highest BCUT2D eigenvalue weighted by Crippen LogP contribution is 2.27. The van der Waals surface area contributed by atoms with E-state index in [1.165, 1.54) is 4.90 Å². The highest BCUT2D eigenvalue weighted by atomic mass is 16.4. The third-order valence-electron chi connectivity index (χ3n) is 6.14. The topological polar surface area (TPSA) is 84.2 Å². The first kappa shape index (κ1) is 24.9. The molecule has 0 bridgehead atoms. The molecule has 0 aliphatic carbocycles. The molecule has 1 amide bonds. The van der Waals surface area contributed by atoms with Gasteiger partial charge in [0.15, 0.2) is 0 Å². The number of amides is 1. The van der Waals surface area contributed by atoms with E-state index in [1.54, 1.807) is 25.8 Å². The van der Waals surface area contributed by atoms with Crippen molar-refractivity contribution < 1.29 is 20.1 Å². The van der Waals surface area contributed by atoms with Gasteiger partial charge >= 0.3 is 6.09 Å². The number of hydrogen-bond donors (Lipinski definition) is 3. The summed E-state index contributed by atoms with van der Waals surface area (Å²) in [6, 6.07) is 19.8. The van der Waals surface area contributed by atoms with Gasteiger partial charge < -0.3 is 15.3 Å². The molecule has 3 unspecified atom stereocenters. The molecule has 170 valence electrons. The molecule has 0 spiro atoms. The lowest BCUT2D eigenvalue weighted by Gasteiger charge is -2.49. The quantitative estimate of drug-likeness (QED) is 0.450. The standard InChI is InChI=1S/C25H36N2O4/c1-4-27(24(30)31)25(2,23(29)18-16-21-13-9-6-10-14-21)26(3)19-22(28)17-15-20-11-7-5-8-12-20/h5-14,22-23,28-29H,4,15-19H2,1-3H3,(H,30,31). The van der Waals surface area contributed by atoms with E-state index in [1.807, 2.05) is 60.7 Å². The molecule has 0 saturated heterocycles. The van der Waals surface area contributed by atoms with Crippen molar-refractivity contribution in [3.8, 4) is 0 Å². The van der Waals surface area contributed by atoms with Crippen molar-refractivity contribution in [2.75, 3.05) is 20.1 Å². The van der Waals surface area contributed by atoms with Crippen molar-refractivity contribution in [2.45, 2.75) is 57.4 Å². The molecule has 0 aliphatic rings. The fourth-order valence-corrected chi connectivity index (χ4v) is 4.08. The predicted octanol–water partition coefficient (Wildman–Crippen LogP) is 3.62. The maximum Gasteiger partial charge on any atom is 0.408 e. The van der Waals surface area contributed by atoms with Crippen LogP contribution in [0.2, 0.25) is 0 Å². The van der Waals surface area contributed by atoms with E-state index < -0.39 is 24.0 Å². The molecule has 0 aromatic heterocycles. The summed E-state index contributed by atoms with van der Waals surface area (Å²) in [5.41, 5.74) is 1.08. The van der Waals surface area contributed by atoms with E-state index in [2.05, 4.69) is 0 Å². The summed E-state index contributed by atoms with van der Waals surface area (Å²) in [7, 11) is 1.77. The van der Waals surface area contributed by atoms with Crippen LogP contribution in [0.25, 0.3) is 0 Å². The Morgan fingerprint density at radius 3 is 1.87 bits per heavy atom. The van der Waals surface area contributed by atoms with Crippen LogP contribution in [0, 0.1) is 0 Å². The average molecular weight is 429 g/mol. The summed E-state index contributed by atoms with van der Waals surface area (Å²) in [5.74, 6) is 0. The van der Waals surface area contributed by atoms with Crippen LogP contribution in [0.1, 0.15) is 37.8 Å². The number of aliphatic hydroxyl groups excluding tert-OH is 2. The van der Waals surface area contributed by atoms with E-state index >= 15 is 0 Å². The predicted molar refractivity (Wildman–Crippen MR) is 123 cm³/mol. The molecule has 0 heterocycles.